The summed E-state index contributed by atoms with van der Waals surface area (Å²) >= 11 is -2.71. The number of anilines is 1. The molecule has 0 aliphatic rings. The molecular formula is C12H10NO3S-. The van der Waals surface area contributed by atoms with E-state index in [4.69, 9.17) is 0 Å². The van der Waals surface area contributed by atoms with Gasteiger partial charge in [-0.05, 0) is 11.6 Å². The Morgan fingerprint density at radius 2 is 1.59 bits per heavy atom. The summed E-state index contributed by atoms with van der Waals surface area (Å²) in [4.78, 5) is 0. The van der Waals surface area contributed by atoms with Crippen LogP contribution in [0, 0.1) is 0 Å². The van der Waals surface area contributed by atoms with Gasteiger partial charge in [-0.25, -0.2) is 4.21 Å². The summed E-state index contributed by atoms with van der Waals surface area (Å²) in [6, 6.07) is 16.0. The topological polar surface area (TPSA) is 63.6 Å². The predicted molar refractivity (Wildman–Crippen MR) is 65.1 cm³/mol. The van der Waals surface area contributed by atoms with Crippen LogP contribution in [0.15, 0.2) is 54.6 Å². The lowest BCUT2D eigenvalue weighted by Gasteiger charge is -2.21. The first-order valence-corrected chi connectivity index (χ1v) is 5.96. The van der Waals surface area contributed by atoms with Gasteiger partial charge in [0.05, 0.1) is 17.0 Å². The van der Waals surface area contributed by atoms with Crippen molar-refractivity contribution in [1.82, 2.24) is 0 Å². The van der Waals surface area contributed by atoms with Gasteiger partial charge in [0.2, 0.25) is 0 Å². The molecule has 2 rings (SSSR count). The van der Waals surface area contributed by atoms with E-state index in [9.17, 15) is 14.0 Å². The Bertz CT molecular complexity index is 530. The van der Waals surface area contributed by atoms with Gasteiger partial charge in [0, 0.05) is 5.56 Å². The fourth-order valence-corrected chi connectivity index (χ4v) is 1.90. The molecule has 0 amide bonds. The normalized spacial score (nSPS) is 12.1. The van der Waals surface area contributed by atoms with Crippen molar-refractivity contribution in [3.8, 4) is 11.1 Å². The summed E-state index contributed by atoms with van der Waals surface area (Å²) in [6.07, 6.45) is 0. The predicted octanol–water partition coefficient (Wildman–Crippen LogP) is 2.34. The number of benzene rings is 2. The van der Waals surface area contributed by atoms with Gasteiger partial charge in [-0.3, -0.25) is 5.21 Å². The Morgan fingerprint density at radius 3 is 2.24 bits per heavy atom. The van der Waals surface area contributed by atoms with Gasteiger partial charge in [0.15, 0.2) is 0 Å². The van der Waals surface area contributed by atoms with Crippen molar-refractivity contribution in [3.63, 3.8) is 0 Å². The fraction of sp³-hybridized carbons (Fsp3) is 0. The molecule has 0 heterocycles. The highest BCUT2D eigenvalue weighted by Gasteiger charge is 2.10. The van der Waals surface area contributed by atoms with Crippen LogP contribution < -0.4 is 4.47 Å². The smallest absolute Gasteiger partial charge is 0.0857 e. The number of nitrogens with zero attached hydrogens (tertiary/aromatic N) is 1. The second kappa shape index (κ2) is 5.09. The Hall–Kier alpha value is -1.69. The maximum absolute atomic E-state index is 10.8. The van der Waals surface area contributed by atoms with E-state index in [-0.39, 0.29) is 10.2 Å². The minimum Gasteiger partial charge on any atom is -0.753 e. The summed E-state index contributed by atoms with van der Waals surface area (Å²) in [5.41, 5.74) is 1.72. The fourth-order valence-electron chi connectivity index (χ4n) is 1.58. The van der Waals surface area contributed by atoms with Crippen LogP contribution in [0.1, 0.15) is 0 Å². The monoisotopic (exact) mass is 248 g/mol. The second-order valence-electron chi connectivity index (χ2n) is 3.37. The summed E-state index contributed by atoms with van der Waals surface area (Å²) in [6.45, 7) is 0. The molecule has 0 saturated carbocycles. The van der Waals surface area contributed by atoms with E-state index in [2.05, 4.69) is 0 Å². The molecule has 17 heavy (non-hydrogen) atoms. The Kier molecular flexibility index (Phi) is 3.53. The van der Waals surface area contributed by atoms with Crippen LogP contribution in [0.3, 0.4) is 0 Å². The highest BCUT2D eigenvalue weighted by atomic mass is 32.2. The van der Waals surface area contributed by atoms with E-state index < -0.39 is 11.3 Å². The molecule has 1 atom stereocenters. The van der Waals surface area contributed by atoms with Gasteiger partial charge in [0.1, 0.15) is 0 Å². The largest absolute Gasteiger partial charge is 0.753 e. The molecule has 5 heteroatoms. The summed E-state index contributed by atoms with van der Waals surface area (Å²) in [5, 5.41) is 9.46. The molecule has 88 valence electrons. The molecule has 2 aromatic carbocycles. The van der Waals surface area contributed by atoms with Gasteiger partial charge in [0.25, 0.3) is 0 Å². The molecular weight excluding hydrogens is 238 g/mol. The molecule has 0 saturated heterocycles. The first-order valence-electron chi connectivity index (χ1n) is 4.93. The molecule has 1 unspecified atom stereocenters. The van der Waals surface area contributed by atoms with Crippen LogP contribution in [-0.2, 0) is 11.3 Å². The Morgan fingerprint density at radius 1 is 1.00 bits per heavy atom. The number of rotatable bonds is 3. The lowest BCUT2D eigenvalue weighted by Crippen LogP contribution is -2.20. The standard InChI is InChI=1S/C12H11NO3S/c14-13(17(15)16)12-9-5-4-8-11(12)10-6-2-1-3-7-10/h1-9,14H,(H,15,16)/p-1. The third kappa shape index (κ3) is 2.52. The van der Waals surface area contributed by atoms with Crippen molar-refractivity contribution >= 4 is 17.0 Å². The highest BCUT2D eigenvalue weighted by Crippen LogP contribution is 2.30. The van der Waals surface area contributed by atoms with Crippen LogP contribution in [0.25, 0.3) is 11.1 Å². The first kappa shape index (κ1) is 11.8. The maximum Gasteiger partial charge on any atom is 0.0857 e. The van der Waals surface area contributed by atoms with E-state index in [1.165, 1.54) is 6.07 Å². The first-order chi connectivity index (χ1) is 8.20. The van der Waals surface area contributed by atoms with E-state index in [0.29, 0.717) is 5.56 Å². The third-order valence-electron chi connectivity index (χ3n) is 2.34. The van der Waals surface area contributed by atoms with Crippen molar-refractivity contribution in [2.24, 2.45) is 0 Å². The van der Waals surface area contributed by atoms with Gasteiger partial charge in [-0.2, -0.15) is 4.47 Å². The van der Waals surface area contributed by atoms with Crippen molar-refractivity contribution in [1.29, 1.82) is 0 Å². The maximum atomic E-state index is 10.8. The molecule has 0 aliphatic carbocycles. The van der Waals surface area contributed by atoms with E-state index in [1.807, 2.05) is 30.3 Å². The zero-order chi connectivity index (χ0) is 12.3. The number of hydrogen-bond donors (Lipinski definition) is 1. The van der Waals surface area contributed by atoms with Crippen LogP contribution in [0.5, 0.6) is 0 Å². The zero-order valence-electron chi connectivity index (χ0n) is 8.82. The van der Waals surface area contributed by atoms with Crippen LogP contribution in [0.2, 0.25) is 0 Å². The Labute approximate surface area is 102 Å². The molecule has 0 fully saturated rings. The lowest BCUT2D eigenvalue weighted by molar-refractivity contribution is 0.310. The molecule has 0 bridgehead atoms. The molecule has 4 nitrogen and oxygen atoms in total. The van der Waals surface area contributed by atoms with E-state index in [1.54, 1.807) is 18.2 Å². The highest BCUT2D eigenvalue weighted by molar-refractivity contribution is 7.80. The summed E-state index contributed by atoms with van der Waals surface area (Å²) in [5.74, 6) is 0. The molecule has 0 radical (unpaired) electrons. The third-order valence-corrected chi connectivity index (χ3v) is 2.82. The van der Waals surface area contributed by atoms with E-state index >= 15 is 0 Å². The average molecular weight is 248 g/mol. The Balaban J connectivity index is 2.52. The van der Waals surface area contributed by atoms with Gasteiger partial charge >= 0.3 is 0 Å². The van der Waals surface area contributed by atoms with Crippen LogP contribution in [-0.4, -0.2) is 14.0 Å². The number of hydrogen-bond acceptors (Lipinski definition) is 3. The molecule has 0 aliphatic heterocycles. The quantitative estimate of drug-likeness (QED) is 0.669. The van der Waals surface area contributed by atoms with Crippen LogP contribution >= 0.6 is 0 Å². The van der Waals surface area contributed by atoms with Crippen molar-refractivity contribution in [3.05, 3.63) is 54.6 Å². The van der Waals surface area contributed by atoms with E-state index in [0.717, 1.165) is 5.56 Å². The van der Waals surface area contributed by atoms with Crippen molar-refractivity contribution < 1.29 is 14.0 Å². The number of para-hydroxylation sites is 1. The minimum atomic E-state index is -2.71. The van der Waals surface area contributed by atoms with Gasteiger partial charge < -0.3 is 4.55 Å². The molecule has 0 spiro atoms. The molecule has 2 aromatic rings. The zero-order valence-corrected chi connectivity index (χ0v) is 9.63. The van der Waals surface area contributed by atoms with Crippen LogP contribution in [0.4, 0.5) is 5.69 Å². The lowest BCUT2D eigenvalue weighted by atomic mass is 10.0. The van der Waals surface area contributed by atoms with Gasteiger partial charge in [-0.15, -0.1) is 0 Å². The van der Waals surface area contributed by atoms with Crippen molar-refractivity contribution in [2.75, 3.05) is 4.47 Å². The average Bonchev–Trinajstić information content (AvgIpc) is 2.39. The molecule has 1 N–H and O–H groups in total. The SMILES string of the molecule is O=S([O-])N(O)c1ccccc1-c1ccccc1. The summed E-state index contributed by atoms with van der Waals surface area (Å²) in [7, 11) is 0. The summed E-state index contributed by atoms with van der Waals surface area (Å²) < 4.78 is 21.7. The second-order valence-corrected chi connectivity index (χ2v) is 4.15. The molecule has 0 aromatic heterocycles. The minimum absolute atomic E-state index is 0.225. The van der Waals surface area contributed by atoms with Crippen molar-refractivity contribution in [2.45, 2.75) is 0 Å². The van der Waals surface area contributed by atoms with Gasteiger partial charge in [-0.1, -0.05) is 48.5 Å².